The minimum atomic E-state index is -0.0500. The van der Waals surface area contributed by atoms with Crippen molar-refractivity contribution in [3.8, 4) is 0 Å². The molecule has 0 amide bonds. The first-order valence-corrected chi connectivity index (χ1v) is 8.08. The van der Waals surface area contributed by atoms with Crippen LogP contribution < -0.4 is 0 Å². The molecule has 0 saturated carbocycles. The number of hydrogen-bond acceptors (Lipinski definition) is 1. The molecule has 0 N–H and O–H groups in total. The van der Waals surface area contributed by atoms with Gasteiger partial charge >= 0.3 is 0 Å². The normalized spacial score (nSPS) is 10.8. The number of hydrogen-bond donors (Lipinski definition) is 0. The quantitative estimate of drug-likeness (QED) is 0.567. The molecule has 0 aliphatic rings. The molecule has 0 heterocycles. The van der Waals surface area contributed by atoms with E-state index in [0.29, 0.717) is 6.61 Å². The average molecular weight is 353 g/mol. The molecule has 0 fully saturated rings. The summed E-state index contributed by atoms with van der Waals surface area (Å²) in [6, 6.07) is 28.9. The lowest BCUT2D eigenvalue weighted by atomic mass is 10.0. The predicted octanol–water partition coefficient (Wildman–Crippen LogP) is 5.76. The summed E-state index contributed by atoms with van der Waals surface area (Å²) in [4.78, 5) is 0. The Balaban J connectivity index is 1.81. The van der Waals surface area contributed by atoms with E-state index in [1.54, 1.807) is 0 Å². The highest BCUT2D eigenvalue weighted by molar-refractivity contribution is 9.10. The van der Waals surface area contributed by atoms with Gasteiger partial charge in [-0.1, -0.05) is 88.7 Å². The fourth-order valence-corrected chi connectivity index (χ4v) is 2.67. The third-order valence-electron chi connectivity index (χ3n) is 3.53. The van der Waals surface area contributed by atoms with E-state index in [1.807, 2.05) is 48.5 Å². The summed E-state index contributed by atoms with van der Waals surface area (Å²) < 4.78 is 7.31. The van der Waals surface area contributed by atoms with Crippen LogP contribution in [0, 0.1) is 0 Å². The Morgan fingerprint density at radius 3 is 1.68 bits per heavy atom. The van der Waals surface area contributed by atoms with Crippen molar-refractivity contribution in [3.05, 3.63) is 106 Å². The summed E-state index contributed by atoms with van der Waals surface area (Å²) >= 11 is 3.46. The van der Waals surface area contributed by atoms with Gasteiger partial charge in [0.1, 0.15) is 6.10 Å². The Morgan fingerprint density at radius 2 is 1.18 bits per heavy atom. The van der Waals surface area contributed by atoms with Gasteiger partial charge in [-0.25, -0.2) is 0 Å². The molecule has 0 aromatic heterocycles. The number of benzene rings is 3. The van der Waals surface area contributed by atoms with E-state index >= 15 is 0 Å². The zero-order chi connectivity index (χ0) is 15.2. The van der Waals surface area contributed by atoms with Crippen LogP contribution in [0.25, 0.3) is 0 Å². The first kappa shape index (κ1) is 15.0. The van der Waals surface area contributed by atoms with Gasteiger partial charge in [0.05, 0.1) is 6.61 Å². The largest absolute Gasteiger partial charge is 0.364 e. The molecule has 2 heteroatoms. The highest BCUT2D eigenvalue weighted by Gasteiger charge is 2.14. The van der Waals surface area contributed by atoms with Gasteiger partial charge in [0, 0.05) is 4.47 Å². The molecule has 0 atom stereocenters. The molecule has 3 aromatic rings. The van der Waals surface area contributed by atoms with Crippen LogP contribution >= 0.6 is 15.9 Å². The summed E-state index contributed by atoms with van der Waals surface area (Å²) in [5.41, 5.74) is 3.51. The molecule has 0 aliphatic heterocycles. The molecular weight excluding hydrogens is 336 g/mol. The van der Waals surface area contributed by atoms with Gasteiger partial charge in [-0.2, -0.15) is 0 Å². The van der Waals surface area contributed by atoms with Gasteiger partial charge in [0.25, 0.3) is 0 Å². The fraction of sp³-hybridized carbons (Fsp3) is 0.100. The second-order valence-electron chi connectivity index (χ2n) is 5.14. The minimum Gasteiger partial charge on any atom is -0.364 e. The Bertz CT molecular complexity index is 653. The molecule has 0 aliphatic carbocycles. The summed E-state index contributed by atoms with van der Waals surface area (Å²) in [5.74, 6) is 0. The van der Waals surface area contributed by atoms with Crippen LogP contribution in [0.15, 0.2) is 89.4 Å². The smallest absolute Gasteiger partial charge is 0.108 e. The molecule has 1 nitrogen and oxygen atoms in total. The standard InChI is InChI=1S/C20H17BrO/c21-19-13-11-16(12-14-19)15-22-20(17-7-3-1-4-8-17)18-9-5-2-6-10-18/h1-14,20H,15H2. The molecular formula is C20H17BrO. The Hall–Kier alpha value is -1.90. The zero-order valence-electron chi connectivity index (χ0n) is 12.2. The topological polar surface area (TPSA) is 9.23 Å². The Labute approximate surface area is 139 Å². The van der Waals surface area contributed by atoms with E-state index < -0.39 is 0 Å². The third kappa shape index (κ3) is 3.85. The molecule has 3 rings (SSSR count). The van der Waals surface area contributed by atoms with Crippen LogP contribution in [0.4, 0.5) is 0 Å². The fourth-order valence-electron chi connectivity index (χ4n) is 2.40. The first-order chi connectivity index (χ1) is 10.8. The maximum atomic E-state index is 6.22. The molecule has 110 valence electrons. The molecule has 3 aromatic carbocycles. The van der Waals surface area contributed by atoms with Crippen molar-refractivity contribution >= 4 is 15.9 Å². The zero-order valence-corrected chi connectivity index (χ0v) is 13.7. The maximum absolute atomic E-state index is 6.22. The first-order valence-electron chi connectivity index (χ1n) is 7.29. The summed E-state index contributed by atoms with van der Waals surface area (Å²) in [5, 5.41) is 0. The van der Waals surface area contributed by atoms with Gasteiger partial charge in [-0.3, -0.25) is 0 Å². The lowest BCUT2D eigenvalue weighted by Gasteiger charge is -2.19. The van der Waals surface area contributed by atoms with E-state index in [-0.39, 0.29) is 6.10 Å². The number of rotatable bonds is 5. The van der Waals surface area contributed by atoms with Gasteiger partial charge in [0.15, 0.2) is 0 Å². The second kappa shape index (κ2) is 7.39. The third-order valence-corrected chi connectivity index (χ3v) is 4.06. The summed E-state index contributed by atoms with van der Waals surface area (Å²) in [7, 11) is 0. The van der Waals surface area contributed by atoms with Crippen LogP contribution in [0.3, 0.4) is 0 Å². The van der Waals surface area contributed by atoms with Gasteiger partial charge in [-0.15, -0.1) is 0 Å². The van der Waals surface area contributed by atoms with Crippen molar-refractivity contribution in [1.82, 2.24) is 0 Å². The number of ether oxygens (including phenoxy) is 1. The molecule has 22 heavy (non-hydrogen) atoms. The Morgan fingerprint density at radius 1 is 0.682 bits per heavy atom. The highest BCUT2D eigenvalue weighted by atomic mass is 79.9. The van der Waals surface area contributed by atoms with E-state index in [0.717, 1.165) is 4.47 Å². The minimum absolute atomic E-state index is 0.0500. The SMILES string of the molecule is Brc1ccc(COC(c2ccccc2)c2ccccc2)cc1. The van der Waals surface area contributed by atoms with Gasteiger partial charge in [0.2, 0.25) is 0 Å². The molecule has 0 bridgehead atoms. The lowest BCUT2D eigenvalue weighted by molar-refractivity contribution is 0.0667. The predicted molar refractivity (Wildman–Crippen MR) is 93.7 cm³/mol. The molecule has 0 unspecified atom stereocenters. The lowest BCUT2D eigenvalue weighted by Crippen LogP contribution is -2.06. The van der Waals surface area contributed by atoms with Crippen molar-refractivity contribution < 1.29 is 4.74 Å². The van der Waals surface area contributed by atoms with Crippen LogP contribution in [0.1, 0.15) is 22.8 Å². The average Bonchev–Trinajstić information content (AvgIpc) is 2.59. The van der Waals surface area contributed by atoms with Crippen LogP contribution in [0.5, 0.6) is 0 Å². The van der Waals surface area contributed by atoms with E-state index in [4.69, 9.17) is 4.74 Å². The van der Waals surface area contributed by atoms with Crippen molar-refractivity contribution in [1.29, 1.82) is 0 Å². The van der Waals surface area contributed by atoms with Gasteiger partial charge < -0.3 is 4.74 Å². The van der Waals surface area contributed by atoms with Crippen LogP contribution in [0.2, 0.25) is 0 Å². The van der Waals surface area contributed by atoms with Crippen LogP contribution in [-0.2, 0) is 11.3 Å². The van der Waals surface area contributed by atoms with Crippen molar-refractivity contribution in [3.63, 3.8) is 0 Å². The van der Waals surface area contributed by atoms with Gasteiger partial charge in [-0.05, 0) is 28.8 Å². The van der Waals surface area contributed by atoms with E-state index in [1.165, 1.54) is 16.7 Å². The van der Waals surface area contributed by atoms with Crippen LogP contribution in [-0.4, -0.2) is 0 Å². The maximum Gasteiger partial charge on any atom is 0.108 e. The van der Waals surface area contributed by atoms with Crippen molar-refractivity contribution in [2.24, 2.45) is 0 Å². The van der Waals surface area contributed by atoms with Crippen molar-refractivity contribution in [2.75, 3.05) is 0 Å². The van der Waals surface area contributed by atoms with E-state index in [9.17, 15) is 0 Å². The summed E-state index contributed by atoms with van der Waals surface area (Å²) in [6.07, 6.45) is -0.0500. The molecule has 0 radical (unpaired) electrons. The second-order valence-corrected chi connectivity index (χ2v) is 6.05. The molecule has 0 saturated heterocycles. The number of halogens is 1. The Kier molecular flexibility index (Phi) is 5.04. The monoisotopic (exact) mass is 352 g/mol. The summed E-state index contributed by atoms with van der Waals surface area (Å²) in [6.45, 7) is 0.585. The molecule has 0 spiro atoms. The van der Waals surface area contributed by atoms with Crippen molar-refractivity contribution in [2.45, 2.75) is 12.7 Å². The highest BCUT2D eigenvalue weighted by Crippen LogP contribution is 2.27. The van der Waals surface area contributed by atoms with E-state index in [2.05, 4.69) is 52.3 Å².